The van der Waals surface area contributed by atoms with Crippen molar-refractivity contribution in [2.24, 2.45) is 5.73 Å². The van der Waals surface area contributed by atoms with Gasteiger partial charge in [-0.1, -0.05) is 0 Å². The summed E-state index contributed by atoms with van der Waals surface area (Å²) in [6, 6.07) is 0.250. The zero-order chi connectivity index (χ0) is 5.98. The SMILES string of the molecule is NCN1NCC1CO. The van der Waals surface area contributed by atoms with Crippen molar-refractivity contribution < 1.29 is 5.11 Å². The van der Waals surface area contributed by atoms with E-state index in [1.165, 1.54) is 0 Å². The van der Waals surface area contributed by atoms with E-state index < -0.39 is 0 Å². The minimum atomic E-state index is 0.199. The molecule has 0 radical (unpaired) electrons. The smallest absolute Gasteiger partial charge is 0.0627 e. The number of aliphatic hydroxyl groups excluding tert-OH is 1. The molecule has 48 valence electrons. The first-order chi connectivity index (χ1) is 3.88. The summed E-state index contributed by atoms with van der Waals surface area (Å²) in [5, 5.41) is 10.4. The number of nitrogens with one attached hydrogen (secondary N) is 1. The highest BCUT2D eigenvalue weighted by atomic mass is 16.3. The van der Waals surface area contributed by atoms with Gasteiger partial charge in [-0.25, -0.2) is 5.01 Å². The molecule has 1 aliphatic rings. The largest absolute Gasteiger partial charge is 0.395 e. The monoisotopic (exact) mass is 117 g/mol. The minimum absolute atomic E-state index is 0.199. The summed E-state index contributed by atoms with van der Waals surface area (Å²) in [6.07, 6.45) is 0. The normalized spacial score (nSPS) is 30.0. The molecule has 0 amide bonds. The number of hydrogen-bond acceptors (Lipinski definition) is 4. The lowest BCUT2D eigenvalue weighted by atomic mass is 10.2. The summed E-state index contributed by atoms with van der Waals surface area (Å²) in [7, 11) is 0. The van der Waals surface area contributed by atoms with E-state index in [4.69, 9.17) is 10.8 Å². The Morgan fingerprint density at radius 1 is 1.88 bits per heavy atom. The Bertz CT molecular complexity index is 63.7. The van der Waals surface area contributed by atoms with Crippen LogP contribution in [0.15, 0.2) is 0 Å². The lowest BCUT2D eigenvalue weighted by Crippen LogP contribution is -2.65. The van der Waals surface area contributed by atoms with Gasteiger partial charge in [0.05, 0.1) is 19.3 Å². The highest BCUT2D eigenvalue weighted by molar-refractivity contribution is 4.76. The van der Waals surface area contributed by atoms with Gasteiger partial charge in [0.1, 0.15) is 0 Å². The summed E-state index contributed by atoms with van der Waals surface area (Å²) in [6.45, 7) is 1.53. The fourth-order valence-corrected chi connectivity index (χ4v) is 0.726. The molecular weight excluding hydrogens is 106 g/mol. The molecule has 0 aliphatic carbocycles. The van der Waals surface area contributed by atoms with Crippen LogP contribution in [0.25, 0.3) is 0 Å². The molecule has 0 bridgehead atoms. The second-order valence-corrected chi connectivity index (χ2v) is 1.85. The van der Waals surface area contributed by atoms with Crippen LogP contribution in [0.3, 0.4) is 0 Å². The number of hydrogen-bond donors (Lipinski definition) is 3. The van der Waals surface area contributed by atoms with Gasteiger partial charge in [-0.05, 0) is 0 Å². The number of nitrogens with zero attached hydrogens (tertiary/aromatic N) is 1. The highest BCUT2D eigenvalue weighted by Gasteiger charge is 2.24. The van der Waals surface area contributed by atoms with Crippen molar-refractivity contribution in [3.05, 3.63) is 0 Å². The Balaban J connectivity index is 2.16. The van der Waals surface area contributed by atoms with Gasteiger partial charge in [0, 0.05) is 6.54 Å². The molecule has 0 aromatic rings. The minimum Gasteiger partial charge on any atom is -0.395 e. The molecular formula is C4H11N3O. The molecule has 0 saturated carbocycles. The van der Waals surface area contributed by atoms with Gasteiger partial charge in [-0.3, -0.25) is 5.43 Å². The first kappa shape index (κ1) is 5.97. The van der Waals surface area contributed by atoms with Gasteiger partial charge in [-0.15, -0.1) is 0 Å². The maximum absolute atomic E-state index is 8.55. The van der Waals surface area contributed by atoms with Crippen molar-refractivity contribution in [1.82, 2.24) is 10.4 Å². The van der Waals surface area contributed by atoms with Crippen LogP contribution in [0, 0.1) is 0 Å². The molecule has 1 fully saturated rings. The molecule has 1 aliphatic heterocycles. The average Bonchev–Trinajstić information content (AvgIpc) is 1.66. The first-order valence-electron chi connectivity index (χ1n) is 2.69. The van der Waals surface area contributed by atoms with Crippen LogP contribution >= 0.6 is 0 Å². The van der Waals surface area contributed by atoms with Crippen LogP contribution in [0.2, 0.25) is 0 Å². The molecule has 1 saturated heterocycles. The zero-order valence-electron chi connectivity index (χ0n) is 4.67. The van der Waals surface area contributed by atoms with Gasteiger partial charge in [0.15, 0.2) is 0 Å². The van der Waals surface area contributed by atoms with Crippen molar-refractivity contribution in [3.63, 3.8) is 0 Å². The molecule has 1 atom stereocenters. The summed E-state index contributed by atoms with van der Waals surface area (Å²) in [5.74, 6) is 0. The van der Waals surface area contributed by atoms with E-state index in [0.717, 1.165) is 6.54 Å². The maximum Gasteiger partial charge on any atom is 0.0627 e. The Labute approximate surface area is 48.2 Å². The molecule has 8 heavy (non-hydrogen) atoms. The van der Waals surface area contributed by atoms with Gasteiger partial charge >= 0.3 is 0 Å². The van der Waals surface area contributed by atoms with Gasteiger partial charge in [0.2, 0.25) is 0 Å². The van der Waals surface area contributed by atoms with Crippen molar-refractivity contribution in [2.45, 2.75) is 6.04 Å². The van der Waals surface area contributed by atoms with Crippen LogP contribution in [-0.4, -0.2) is 36.0 Å². The Morgan fingerprint density at radius 2 is 2.62 bits per heavy atom. The molecule has 4 heteroatoms. The first-order valence-corrected chi connectivity index (χ1v) is 2.69. The number of aliphatic hydroxyl groups is 1. The number of nitrogens with two attached hydrogens (primary N) is 1. The van der Waals surface area contributed by atoms with Crippen molar-refractivity contribution in [2.75, 3.05) is 19.8 Å². The maximum atomic E-state index is 8.55. The van der Waals surface area contributed by atoms with Gasteiger partial charge in [0.25, 0.3) is 0 Å². The second kappa shape index (κ2) is 2.41. The topological polar surface area (TPSA) is 61.5 Å². The van der Waals surface area contributed by atoms with Crippen LogP contribution in [0.1, 0.15) is 0 Å². The molecule has 4 nitrogen and oxygen atoms in total. The molecule has 4 N–H and O–H groups in total. The second-order valence-electron chi connectivity index (χ2n) is 1.85. The molecule has 1 heterocycles. The third-order valence-corrected chi connectivity index (χ3v) is 1.38. The van der Waals surface area contributed by atoms with E-state index in [2.05, 4.69) is 5.43 Å². The van der Waals surface area contributed by atoms with Crippen molar-refractivity contribution >= 4 is 0 Å². The van der Waals surface area contributed by atoms with Gasteiger partial charge < -0.3 is 10.8 Å². The van der Waals surface area contributed by atoms with E-state index in [1.807, 2.05) is 0 Å². The molecule has 1 rings (SSSR count). The molecule has 0 aromatic carbocycles. The highest BCUT2D eigenvalue weighted by Crippen LogP contribution is 2.00. The summed E-state index contributed by atoms with van der Waals surface area (Å²) < 4.78 is 0. The fourth-order valence-electron chi connectivity index (χ4n) is 0.726. The van der Waals surface area contributed by atoms with Gasteiger partial charge in [-0.2, -0.15) is 0 Å². The van der Waals surface area contributed by atoms with Crippen LogP contribution in [0.4, 0.5) is 0 Å². The fraction of sp³-hybridized carbons (Fsp3) is 1.00. The quantitative estimate of drug-likeness (QED) is 0.395. The lowest BCUT2D eigenvalue weighted by Gasteiger charge is -2.39. The molecule has 0 aromatic heterocycles. The van der Waals surface area contributed by atoms with Crippen LogP contribution in [0.5, 0.6) is 0 Å². The third kappa shape index (κ3) is 0.830. The summed E-state index contributed by atoms with van der Waals surface area (Å²) >= 11 is 0. The predicted octanol–water partition coefficient (Wildman–Crippen LogP) is -1.92. The van der Waals surface area contributed by atoms with E-state index in [9.17, 15) is 0 Å². The Hall–Kier alpha value is -0.160. The van der Waals surface area contributed by atoms with Crippen LogP contribution < -0.4 is 11.2 Å². The van der Waals surface area contributed by atoms with E-state index in [-0.39, 0.29) is 12.6 Å². The predicted molar refractivity (Wildman–Crippen MR) is 29.8 cm³/mol. The van der Waals surface area contributed by atoms with E-state index in [0.29, 0.717) is 6.67 Å². The molecule has 1 unspecified atom stereocenters. The zero-order valence-corrected chi connectivity index (χ0v) is 4.67. The standard InChI is InChI=1S/C4H11N3O/c5-3-7-4(2-8)1-6-7/h4,6,8H,1-3,5H2. The van der Waals surface area contributed by atoms with E-state index >= 15 is 0 Å². The average molecular weight is 117 g/mol. The number of hydrazine groups is 1. The summed E-state index contributed by atoms with van der Waals surface area (Å²) in [4.78, 5) is 0. The van der Waals surface area contributed by atoms with E-state index in [1.54, 1.807) is 5.01 Å². The Morgan fingerprint density at radius 3 is 2.75 bits per heavy atom. The number of rotatable bonds is 2. The lowest BCUT2D eigenvalue weighted by molar-refractivity contribution is -0.00627. The van der Waals surface area contributed by atoms with Crippen LogP contribution in [-0.2, 0) is 0 Å². The van der Waals surface area contributed by atoms with Crippen molar-refractivity contribution in [1.29, 1.82) is 0 Å². The molecule has 0 spiro atoms. The summed E-state index contributed by atoms with van der Waals surface area (Å²) in [5.41, 5.74) is 8.20. The van der Waals surface area contributed by atoms with Crippen molar-refractivity contribution in [3.8, 4) is 0 Å². The third-order valence-electron chi connectivity index (χ3n) is 1.38. The Kier molecular flexibility index (Phi) is 1.80.